The second-order valence-corrected chi connectivity index (χ2v) is 9.13. The van der Waals surface area contributed by atoms with Crippen molar-refractivity contribution < 1.29 is 19.7 Å². The molecule has 5 atom stereocenters. The van der Waals surface area contributed by atoms with E-state index in [2.05, 4.69) is 39.8 Å². The van der Waals surface area contributed by atoms with Gasteiger partial charge >= 0.3 is 0 Å². The van der Waals surface area contributed by atoms with Crippen molar-refractivity contribution in [2.24, 2.45) is 5.92 Å². The number of fused-ring (bicyclic) bond motifs is 1. The Kier molecular flexibility index (Phi) is 7.00. The van der Waals surface area contributed by atoms with Crippen LogP contribution in [0.2, 0.25) is 0 Å². The fourth-order valence-corrected chi connectivity index (χ4v) is 4.55. The highest BCUT2D eigenvalue weighted by atomic mass is 16.7. The van der Waals surface area contributed by atoms with Crippen LogP contribution in [0.3, 0.4) is 0 Å². The number of aliphatic hydroxyl groups excluding tert-OH is 2. The van der Waals surface area contributed by atoms with Crippen LogP contribution in [0, 0.1) is 5.92 Å². The van der Waals surface area contributed by atoms with E-state index in [1.54, 1.807) is 0 Å². The van der Waals surface area contributed by atoms with Crippen molar-refractivity contribution in [3.05, 3.63) is 58.2 Å². The smallest absolute Gasteiger partial charge is 0.209 e. The molecule has 1 unspecified atom stereocenters. The van der Waals surface area contributed by atoms with E-state index < -0.39 is 11.9 Å². The minimum absolute atomic E-state index is 0.0108. The SMILES string of the molecule is CC(C)=CCC/C(C)=C/[C@H]1CC(C)=C[C@@]2(C=C(CO)[C@@H]3CC(O)C(C)=C[C@@H]3O2)O1. The van der Waals surface area contributed by atoms with Crippen molar-refractivity contribution >= 4 is 0 Å². The van der Waals surface area contributed by atoms with Gasteiger partial charge in [-0.3, -0.25) is 0 Å². The lowest BCUT2D eigenvalue weighted by Gasteiger charge is -2.46. The fourth-order valence-electron chi connectivity index (χ4n) is 4.55. The fraction of sp³-hybridized carbons (Fsp3) is 0.600. The first-order valence-electron chi connectivity index (χ1n) is 10.7. The third kappa shape index (κ3) is 5.37. The summed E-state index contributed by atoms with van der Waals surface area (Å²) >= 11 is 0. The van der Waals surface area contributed by atoms with Crippen LogP contribution in [0.4, 0.5) is 0 Å². The van der Waals surface area contributed by atoms with E-state index in [1.165, 1.54) is 16.7 Å². The molecule has 4 nitrogen and oxygen atoms in total. The maximum atomic E-state index is 10.2. The van der Waals surface area contributed by atoms with E-state index in [9.17, 15) is 10.2 Å². The molecule has 0 saturated heterocycles. The molecule has 2 aliphatic heterocycles. The molecule has 4 heteroatoms. The minimum Gasteiger partial charge on any atom is -0.392 e. The van der Waals surface area contributed by atoms with Crippen LogP contribution in [0.1, 0.15) is 60.3 Å². The molecule has 0 aromatic heterocycles. The highest BCUT2D eigenvalue weighted by molar-refractivity contribution is 5.32. The van der Waals surface area contributed by atoms with E-state index in [0.717, 1.165) is 30.4 Å². The summed E-state index contributed by atoms with van der Waals surface area (Å²) in [5.74, 6) is -0.967. The summed E-state index contributed by atoms with van der Waals surface area (Å²) in [6.45, 7) is 10.4. The lowest BCUT2D eigenvalue weighted by Crippen LogP contribution is -2.49. The van der Waals surface area contributed by atoms with Gasteiger partial charge in [-0.15, -0.1) is 0 Å². The number of allylic oxidation sites excluding steroid dienone is 3. The molecule has 0 amide bonds. The molecule has 2 heterocycles. The monoisotopic (exact) mass is 400 g/mol. The average Bonchev–Trinajstić information content (AvgIpc) is 2.61. The molecular formula is C25H36O4. The molecule has 29 heavy (non-hydrogen) atoms. The lowest BCUT2D eigenvalue weighted by atomic mass is 9.78. The van der Waals surface area contributed by atoms with Gasteiger partial charge in [0.1, 0.15) is 0 Å². The van der Waals surface area contributed by atoms with E-state index in [4.69, 9.17) is 9.47 Å². The van der Waals surface area contributed by atoms with Crippen LogP contribution in [0.25, 0.3) is 0 Å². The summed E-state index contributed by atoms with van der Waals surface area (Å²) in [6, 6.07) is 0. The quantitative estimate of drug-likeness (QED) is 0.654. The molecule has 0 radical (unpaired) electrons. The predicted molar refractivity (Wildman–Crippen MR) is 116 cm³/mol. The van der Waals surface area contributed by atoms with Gasteiger partial charge in [0.25, 0.3) is 0 Å². The summed E-state index contributed by atoms with van der Waals surface area (Å²) in [4.78, 5) is 0. The van der Waals surface area contributed by atoms with Crippen LogP contribution in [-0.4, -0.2) is 40.9 Å². The van der Waals surface area contributed by atoms with Gasteiger partial charge in [0.15, 0.2) is 0 Å². The Balaban J connectivity index is 1.82. The normalized spacial score (nSPS) is 34.9. The summed E-state index contributed by atoms with van der Waals surface area (Å²) < 4.78 is 12.9. The first-order valence-corrected chi connectivity index (χ1v) is 10.7. The molecule has 0 saturated carbocycles. The van der Waals surface area contributed by atoms with Crippen LogP contribution in [0.5, 0.6) is 0 Å². The first kappa shape index (κ1) is 22.2. The molecule has 1 aliphatic carbocycles. The summed E-state index contributed by atoms with van der Waals surface area (Å²) in [6.07, 6.45) is 13.2. The highest BCUT2D eigenvalue weighted by Crippen LogP contribution is 2.43. The second-order valence-electron chi connectivity index (χ2n) is 9.13. The van der Waals surface area contributed by atoms with Gasteiger partial charge in [-0.1, -0.05) is 34.9 Å². The van der Waals surface area contributed by atoms with Crippen LogP contribution < -0.4 is 0 Å². The molecule has 0 aromatic carbocycles. The molecule has 2 N–H and O–H groups in total. The van der Waals surface area contributed by atoms with Gasteiger partial charge < -0.3 is 19.7 Å². The van der Waals surface area contributed by atoms with E-state index in [1.807, 2.05) is 25.2 Å². The Morgan fingerprint density at radius 1 is 1.21 bits per heavy atom. The Bertz CT molecular complexity index is 766. The second kappa shape index (κ2) is 9.13. The lowest BCUT2D eigenvalue weighted by molar-refractivity contribution is -0.226. The Morgan fingerprint density at radius 2 is 1.97 bits per heavy atom. The van der Waals surface area contributed by atoms with Gasteiger partial charge in [0.2, 0.25) is 5.79 Å². The van der Waals surface area contributed by atoms with Gasteiger partial charge in [-0.25, -0.2) is 0 Å². The third-order valence-electron chi connectivity index (χ3n) is 6.06. The molecule has 0 bridgehead atoms. The number of rotatable bonds is 5. The van der Waals surface area contributed by atoms with Crippen molar-refractivity contribution in [2.45, 2.75) is 84.4 Å². The Morgan fingerprint density at radius 3 is 2.66 bits per heavy atom. The van der Waals surface area contributed by atoms with Crippen molar-refractivity contribution in [3.63, 3.8) is 0 Å². The molecule has 0 fully saturated rings. The number of hydrogen-bond acceptors (Lipinski definition) is 4. The van der Waals surface area contributed by atoms with Crippen molar-refractivity contribution in [3.8, 4) is 0 Å². The standard InChI is InChI=1S/C25H36O4/c1-16(2)7-6-8-17(3)9-21-10-18(4)13-25(28-21)14-20(15-26)22-12-23(27)19(5)11-24(22)29-25/h7,9,11,13-14,21-24,26-27H,6,8,10,12,15H2,1-5H3/b17-9+/t21-,22-,23?,24-,25+/m0/s1. The van der Waals surface area contributed by atoms with Crippen LogP contribution in [0.15, 0.2) is 58.2 Å². The predicted octanol–water partition coefficient (Wildman–Crippen LogP) is 4.76. The minimum atomic E-state index is -0.956. The molecule has 0 aromatic rings. The molecule has 1 spiro atoms. The number of hydrogen-bond donors (Lipinski definition) is 2. The highest BCUT2D eigenvalue weighted by Gasteiger charge is 2.45. The summed E-state index contributed by atoms with van der Waals surface area (Å²) in [7, 11) is 0. The summed E-state index contributed by atoms with van der Waals surface area (Å²) in [5.41, 5.74) is 5.69. The first-order chi connectivity index (χ1) is 13.7. The van der Waals surface area contributed by atoms with Crippen LogP contribution in [-0.2, 0) is 9.47 Å². The average molecular weight is 401 g/mol. The maximum Gasteiger partial charge on any atom is 0.209 e. The molecular weight excluding hydrogens is 364 g/mol. The summed E-state index contributed by atoms with van der Waals surface area (Å²) in [5, 5.41) is 20.2. The molecule has 160 valence electrons. The topological polar surface area (TPSA) is 58.9 Å². The Hall–Kier alpha value is -1.46. The van der Waals surface area contributed by atoms with Crippen molar-refractivity contribution in [1.82, 2.24) is 0 Å². The van der Waals surface area contributed by atoms with Crippen molar-refractivity contribution in [1.29, 1.82) is 0 Å². The zero-order valence-corrected chi connectivity index (χ0v) is 18.4. The van der Waals surface area contributed by atoms with E-state index in [-0.39, 0.29) is 24.7 Å². The van der Waals surface area contributed by atoms with Crippen molar-refractivity contribution in [2.75, 3.05) is 6.61 Å². The van der Waals surface area contributed by atoms with Gasteiger partial charge in [0.05, 0.1) is 24.9 Å². The van der Waals surface area contributed by atoms with Crippen LogP contribution >= 0.6 is 0 Å². The molecule has 3 aliphatic rings. The van der Waals surface area contributed by atoms with Gasteiger partial charge in [-0.2, -0.15) is 0 Å². The van der Waals surface area contributed by atoms with E-state index in [0.29, 0.717) is 6.42 Å². The third-order valence-corrected chi connectivity index (χ3v) is 6.06. The largest absolute Gasteiger partial charge is 0.392 e. The zero-order valence-electron chi connectivity index (χ0n) is 18.4. The zero-order chi connectivity index (χ0) is 21.2. The van der Waals surface area contributed by atoms with Gasteiger partial charge in [-0.05, 0) is 83.6 Å². The maximum absolute atomic E-state index is 10.2. The number of aliphatic hydroxyl groups is 2. The van der Waals surface area contributed by atoms with Gasteiger partial charge in [0, 0.05) is 5.92 Å². The molecule has 3 rings (SSSR count). The van der Waals surface area contributed by atoms with E-state index >= 15 is 0 Å². The number of ether oxygens (including phenoxy) is 2. The Labute approximate surface area is 175 Å².